The maximum Gasteiger partial charge on any atom is 0.254 e. The van der Waals surface area contributed by atoms with E-state index in [9.17, 15) is 9.90 Å². The number of carbonyl (C=O) groups is 1. The zero-order valence-corrected chi connectivity index (χ0v) is 21.1. The molecule has 3 heteroatoms. The highest BCUT2D eigenvalue weighted by Gasteiger charge is 2.16. The fraction of sp³-hybridized carbons (Fsp3) is 0.344. The van der Waals surface area contributed by atoms with Crippen LogP contribution in [0.15, 0.2) is 72.8 Å². The van der Waals surface area contributed by atoms with Crippen molar-refractivity contribution in [3.05, 3.63) is 101 Å². The van der Waals surface area contributed by atoms with E-state index < -0.39 is 0 Å². The van der Waals surface area contributed by atoms with E-state index in [-0.39, 0.29) is 11.7 Å². The van der Waals surface area contributed by atoms with Crippen LogP contribution in [0.4, 0.5) is 0 Å². The van der Waals surface area contributed by atoms with Crippen LogP contribution in [0.25, 0.3) is 0 Å². The van der Waals surface area contributed by atoms with Gasteiger partial charge < -0.3 is 10.0 Å². The molecule has 1 N–H and O–H groups in total. The molecule has 0 atom stereocenters. The number of carbonyl (C=O) groups excluding carboxylic acids is 1. The molecular formula is C32H37NO2. The number of amides is 1. The molecule has 0 aliphatic heterocycles. The van der Waals surface area contributed by atoms with Gasteiger partial charge in [0.2, 0.25) is 0 Å². The van der Waals surface area contributed by atoms with E-state index in [1.54, 1.807) is 24.3 Å². The third-order valence-electron chi connectivity index (χ3n) is 6.13. The van der Waals surface area contributed by atoms with Gasteiger partial charge in [0.05, 0.1) is 0 Å². The number of phenols is 1. The summed E-state index contributed by atoms with van der Waals surface area (Å²) in [6.45, 7) is 5.67. The normalized spacial score (nSPS) is 10.5. The van der Waals surface area contributed by atoms with Crippen LogP contribution in [0, 0.1) is 11.8 Å². The lowest BCUT2D eigenvalue weighted by Gasteiger charge is -2.23. The highest BCUT2D eigenvalue weighted by atomic mass is 16.3. The molecule has 35 heavy (non-hydrogen) atoms. The molecule has 0 saturated heterocycles. The van der Waals surface area contributed by atoms with Gasteiger partial charge in [-0.1, -0.05) is 75.6 Å². The van der Waals surface area contributed by atoms with Crippen molar-refractivity contribution in [1.29, 1.82) is 0 Å². The summed E-state index contributed by atoms with van der Waals surface area (Å²) in [7, 11) is 0. The van der Waals surface area contributed by atoms with Crippen molar-refractivity contribution >= 4 is 5.91 Å². The van der Waals surface area contributed by atoms with Gasteiger partial charge in [-0.05, 0) is 78.9 Å². The number of hydrogen-bond acceptors (Lipinski definition) is 2. The van der Waals surface area contributed by atoms with E-state index in [1.165, 1.54) is 24.8 Å². The van der Waals surface area contributed by atoms with Gasteiger partial charge in [-0.15, -0.1) is 0 Å². The van der Waals surface area contributed by atoms with E-state index >= 15 is 0 Å². The molecule has 0 heterocycles. The largest absolute Gasteiger partial charge is 0.508 e. The van der Waals surface area contributed by atoms with Crippen LogP contribution in [0.3, 0.4) is 0 Å². The quantitative estimate of drug-likeness (QED) is 0.236. The summed E-state index contributed by atoms with van der Waals surface area (Å²) in [4.78, 5) is 15.1. The average Bonchev–Trinajstić information content (AvgIpc) is 2.89. The minimum atomic E-state index is -0.00671. The molecule has 3 rings (SSSR count). The molecule has 182 valence electrons. The van der Waals surface area contributed by atoms with Crippen LogP contribution in [-0.2, 0) is 13.0 Å². The second-order valence-electron chi connectivity index (χ2n) is 9.08. The Morgan fingerprint density at radius 3 is 1.86 bits per heavy atom. The molecule has 0 radical (unpaired) electrons. The number of unbranched alkanes of at least 4 members (excludes halogenated alkanes) is 4. The number of aryl methyl sites for hydroxylation is 1. The van der Waals surface area contributed by atoms with Gasteiger partial charge in [-0.25, -0.2) is 0 Å². The first-order valence-corrected chi connectivity index (χ1v) is 12.9. The molecule has 0 aromatic heterocycles. The lowest BCUT2D eigenvalue weighted by Crippen LogP contribution is -2.31. The SMILES string of the molecule is CCCCCCN(Cc1ccc(C#Cc2ccc(CCCC)cc2)cc1)C(=O)c1ccc(O)cc1. The van der Waals surface area contributed by atoms with E-state index in [1.807, 2.05) is 17.0 Å². The van der Waals surface area contributed by atoms with Gasteiger partial charge in [0.1, 0.15) is 5.75 Å². The van der Waals surface area contributed by atoms with E-state index in [2.05, 4.69) is 62.1 Å². The van der Waals surface area contributed by atoms with Crippen molar-refractivity contribution in [2.24, 2.45) is 0 Å². The number of hydrogen-bond donors (Lipinski definition) is 1. The molecule has 0 aliphatic rings. The number of nitrogens with zero attached hydrogens (tertiary/aromatic N) is 1. The lowest BCUT2D eigenvalue weighted by molar-refractivity contribution is 0.0740. The third-order valence-corrected chi connectivity index (χ3v) is 6.13. The number of aromatic hydroxyl groups is 1. The van der Waals surface area contributed by atoms with Gasteiger partial charge in [-0.3, -0.25) is 4.79 Å². The van der Waals surface area contributed by atoms with Crippen molar-refractivity contribution in [2.45, 2.75) is 65.3 Å². The lowest BCUT2D eigenvalue weighted by atomic mass is 10.1. The second-order valence-corrected chi connectivity index (χ2v) is 9.08. The Kier molecular flexibility index (Phi) is 10.5. The summed E-state index contributed by atoms with van der Waals surface area (Å²) in [5.41, 5.74) is 5.03. The Balaban J connectivity index is 1.65. The van der Waals surface area contributed by atoms with Crippen LogP contribution in [0.1, 0.15) is 85.0 Å². The third kappa shape index (κ3) is 8.65. The van der Waals surface area contributed by atoms with Crippen LogP contribution in [-0.4, -0.2) is 22.5 Å². The maximum atomic E-state index is 13.2. The second kappa shape index (κ2) is 14.0. The minimum Gasteiger partial charge on any atom is -0.508 e. The molecule has 0 unspecified atom stereocenters. The molecule has 3 aromatic carbocycles. The zero-order valence-electron chi connectivity index (χ0n) is 21.1. The summed E-state index contributed by atoms with van der Waals surface area (Å²) in [6, 6.07) is 23.2. The summed E-state index contributed by atoms with van der Waals surface area (Å²) in [5.74, 6) is 6.67. The fourth-order valence-electron chi connectivity index (χ4n) is 3.96. The maximum absolute atomic E-state index is 13.2. The summed E-state index contributed by atoms with van der Waals surface area (Å²) >= 11 is 0. The standard InChI is InChI=1S/C32H37NO2/c1-3-5-7-8-24-33(32(35)30-20-22-31(34)23-21-30)25-29-18-16-28(17-19-29)15-14-27-12-10-26(11-13-27)9-6-4-2/h10-13,16-23,34H,3-9,24-25H2,1-2H3. The Labute approximate surface area is 210 Å². The van der Waals surface area contributed by atoms with Gasteiger partial charge in [-0.2, -0.15) is 0 Å². The molecule has 3 aromatic rings. The van der Waals surface area contributed by atoms with Gasteiger partial charge in [0, 0.05) is 29.8 Å². The first-order valence-electron chi connectivity index (χ1n) is 12.9. The summed E-state index contributed by atoms with van der Waals surface area (Å²) in [6.07, 6.45) is 7.99. The first kappa shape index (κ1) is 26.1. The van der Waals surface area contributed by atoms with Crippen LogP contribution >= 0.6 is 0 Å². The number of rotatable bonds is 11. The first-order chi connectivity index (χ1) is 17.1. The Morgan fingerprint density at radius 2 is 1.29 bits per heavy atom. The summed E-state index contributed by atoms with van der Waals surface area (Å²) < 4.78 is 0. The molecule has 1 amide bonds. The number of phenolic OH excluding ortho intramolecular Hbond substituents is 1. The Morgan fingerprint density at radius 1 is 0.714 bits per heavy atom. The monoisotopic (exact) mass is 467 g/mol. The molecule has 3 nitrogen and oxygen atoms in total. The van der Waals surface area contributed by atoms with Gasteiger partial charge in [0.15, 0.2) is 0 Å². The van der Waals surface area contributed by atoms with E-state index in [0.717, 1.165) is 48.9 Å². The highest BCUT2D eigenvalue weighted by molar-refractivity contribution is 5.94. The molecule has 0 spiro atoms. The molecule has 0 saturated carbocycles. The molecular weight excluding hydrogens is 430 g/mol. The predicted molar refractivity (Wildman–Crippen MR) is 144 cm³/mol. The van der Waals surface area contributed by atoms with E-state index in [4.69, 9.17) is 0 Å². The van der Waals surface area contributed by atoms with Crippen LogP contribution in [0.5, 0.6) is 5.75 Å². The topological polar surface area (TPSA) is 40.5 Å². The number of benzene rings is 3. The predicted octanol–water partition coefficient (Wildman–Crippen LogP) is 7.36. The van der Waals surface area contributed by atoms with Crippen LogP contribution in [0.2, 0.25) is 0 Å². The smallest absolute Gasteiger partial charge is 0.254 e. The zero-order chi connectivity index (χ0) is 24.9. The minimum absolute atomic E-state index is 0.00671. The van der Waals surface area contributed by atoms with Crippen molar-refractivity contribution in [1.82, 2.24) is 4.90 Å². The van der Waals surface area contributed by atoms with Gasteiger partial charge in [0.25, 0.3) is 5.91 Å². The van der Waals surface area contributed by atoms with Crippen molar-refractivity contribution < 1.29 is 9.90 Å². The van der Waals surface area contributed by atoms with Crippen molar-refractivity contribution in [3.8, 4) is 17.6 Å². The average molecular weight is 468 g/mol. The fourth-order valence-corrected chi connectivity index (χ4v) is 3.96. The summed E-state index contributed by atoms with van der Waals surface area (Å²) in [5, 5.41) is 9.56. The Bertz CT molecular complexity index is 1100. The van der Waals surface area contributed by atoms with Crippen LogP contribution < -0.4 is 0 Å². The Hall–Kier alpha value is -3.51. The highest BCUT2D eigenvalue weighted by Crippen LogP contribution is 2.16. The molecule has 0 aliphatic carbocycles. The molecule has 0 bridgehead atoms. The van der Waals surface area contributed by atoms with E-state index in [0.29, 0.717) is 12.1 Å². The molecule has 0 fully saturated rings. The van der Waals surface area contributed by atoms with Gasteiger partial charge >= 0.3 is 0 Å². The van der Waals surface area contributed by atoms with Crippen molar-refractivity contribution in [3.63, 3.8) is 0 Å². The van der Waals surface area contributed by atoms with Crippen molar-refractivity contribution in [2.75, 3.05) is 6.54 Å².